The molecule has 0 aliphatic carbocycles. The van der Waals surface area contributed by atoms with Crippen LogP contribution in [0.1, 0.15) is 28.0 Å². The van der Waals surface area contributed by atoms with E-state index in [4.69, 9.17) is 23.2 Å². The molecule has 0 saturated heterocycles. The van der Waals surface area contributed by atoms with Crippen LogP contribution in [0.4, 0.5) is 5.69 Å². The van der Waals surface area contributed by atoms with Crippen LogP contribution in [0, 0.1) is 0 Å². The molecule has 3 aromatic rings. The van der Waals surface area contributed by atoms with E-state index in [1.165, 1.54) is 11.1 Å². The van der Waals surface area contributed by atoms with Crippen LogP contribution in [-0.4, -0.2) is 40.8 Å². The number of hydrogen-bond acceptors (Lipinski definition) is 4. The first-order valence-corrected chi connectivity index (χ1v) is 10.5. The Morgan fingerprint density at radius 2 is 2.00 bits per heavy atom. The predicted molar refractivity (Wildman–Crippen MR) is 121 cm³/mol. The topological polar surface area (TPSA) is 66.4 Å². The highest BCUT2D eigenvalue weighted by molar-refractivity contribution is 6.34. The molecule has 1 aliphatic rings. The zero-order chi connectivity index (χ0) is 22.1. The fourth-order valence-electron chi connectivity index (χ4n) is 3.67. The number of nitrogens with zero attached hydrogens (tertiary/aromatic N) is 4. The van der Waals surface area contributed by atoms with Crippen molar-refractivity contribution < 1.29 is 9.59 Å². The van der Waals surface area contributed by atoms with Crippen molar-refractivity contribution in [3.8, 4) is 11.1 Å². The summed E-state index contributed by atoms with van der Waals surface area (Å²) in [6.45, 7) is 0.258. The van der Waals surface area contributed by atoms with Gasteiger partial charge in [0.25, 0.3) is 5.91 Å². The van der Waals surface area contributed by atoms with E-state index < -0.39 is 0 Å². The van der Waals surface area contributed by atoms with Crippen molar-refractivity contribution in [2.24, 2.45) is 0 Å². The molecule has 4 rings (SSSR count). The Kier molecular flexibility index (Phi) is 5.94. The maximum absolute atomic E-state index is 12.7. The lowest BCUT2D eigenvalue weighted by Crippen LogP contribution is -2.30. The molecule has 0 atom stereocenters. The van der Waals surface area contributed by atoms with E-state index in [-0.39, 0.29) is 24.1 Å². The lowest BCUT2D eigenvalue weighted by atomic mass is 9.96. The number of benzene rings is 1. The van der Waals surface area contributed by atoms with Gasteiger partial charge in [0.2, 0.25) is 5.91 Å². The summed E-state index contributed by atoms with van der Waals surface area (Å²) in [4.78, 5) is 36.3. The van der Waals surface area contributed by atoms with Gasteiger partial charge < -0.3 is 9.80 Å². The van der Waals surface area contributed by atoms with Crippen molar-refractivity contribution in [2.75, 3.05) is 19.0 Å². The van der Waals surface area contributed by atoms with Gasteiger partial charge in [-0.25, -0.2) is 4.98 Å². The fraction of sp³-hybridized carbons (Fsp3) is 0.217. The number of pyridine rings is 2. The third-order valence-electron chi connectivity index (χ3n) is 5.40. The SMILES string of the molecule is CN(Cc1cncc(-c2ccc3c(c2)CCC(=O)N3C)c1Cl)C(=O)c1ncccc1Cl. The molecule has 1 aliphatic heterocycles. The van der Waals surface area contributed by atoms with Gasteiger partial charge in [-0.15, -0.1) is 0 Å². The van der Waals surface area contributed by atoms with E-state index in [1.807, 2.05) is 18.2 Å². The summed E-state index contributed by atoms with van der Waals surface area (Å²) in [5.74, 6) is -0.184. The number of carbonyl (C=O) groups is 2. The first-order valence-electron chi connectivity index (χ1n) is 9.75. The number of rotatable bonds is 4. The molecule has 0 saturated carbocycles. The fourth-order valence-corrected chi connectivity index (χ4v) is 4.14. The normalized spacial score (nSPS) is 13.2. The lowest BCUT2D eigenvalue weighted by molar-refractivity contribution is -0.118. The van der Waals surface area contributed by atoms with E-state index in [1.54, 1.807) is 43.5 Å². The Morgan fingerprint density at radius 1 is 1.19 bits per heavy atom. The number of hydrogen-bond donors (Lipinski definition) is 0. The van der Waals surface area contributed by atoms with Crippen LogP contribution in [0.3, 0.4) is 0 Å². The first-order chi connectivity index (χ1) is 14.9. The second-order valence-electron chi connectivity index (χ2n) is 7.45. The second kappa shape index (κ2) is 8.65. The minimum Gasteiger partial charge on any atom is -0.336 e. The number of aromatic nitrogens is 2. The monoisotopic (exact) mass is 454 g/mol. The van der Waals surface area contributed by atoms with Crippen LogP contribution in [0.5, 0.6) is 0 Å². The van der Waals surface area contributed by atoms with Crippen molar-refractivity contribution in [1.29, 1.82) is 0 Å². The maximum atomic E-state index is 12.7. The number of fused-ring (bicyclic) bond motifs is 1. The summed E-state index contributed by atoms with van der Waals surface area (Å²) in [7, 11) is 3.46. The van der Waals surface area contributed by atoms with Gasteiger partial charge in [-0.1, -0.05) is 29.3 Å². The molecule has 6 nitrogen and oxygen atoms in total. The molecular weight excluding hydrogens is 435 g/mol. The summed E-state index contributed by atoms with van der Waals surface area (Å²) in [5.41, 5.74) is 4.61. The van der Waals surface area contributed by atoms with Crippen LogP contribution < -0.4 is 4.90 Å². The minimum absolute atomic E-state index is 0.114. The molecule has 1 aromatic carbocycles. The van der Waals surface area contributed by atoms with Gasteiger partial charge in [-0.3, -0.25) is 14.6 Å². The van der Waals surface area contributed by atoms with Gasteiger partial charge in [0, 0.05) is 62.5 Å². The largest absolute Gasteiger partial charge is 0.336 e. The average molecular weight is 455 g/mol. The van der Waals surface area contributed by atoms with Crippen molar-refractivity contribution in [2.45, 2.75) is 19.4 Å². The molecular formula is C23H20Cl2N4O2. The maximum Gasteiger partial charge on any atom is 0.274 e. The van der Waals surface area contributed by atoms with E-state index in [0.29, 0.717) is 28.5 Å². The summed E-state index contributed by atoms with van der Waals surface area (Å²) < 4.78 is 0. The average Bonchev–Trinajstić information content (AvgIpc) is 2.77. The van der Waals surface area contributed by atoms with Crippen molar-refractivity contribution in [3.63, 3.8) is 0 Å². The molecule has 0 unspecified atom stereocenters. The van der Waals surface area contributed by atoms with Gasteiger partial charge in [-0.05, 0) is 41.8 Å². The molecule has 8 heteroatoms. The first kappa shape index (κ1) is 21.3. The summed E-state index contributed by atoms with van der Waals surface area (Å²) >= 11 is 12.8. The molecule has 158 valence electrons. The van der Waals surface area contributed by atoms with Gasteiger partial charge in [0.1, 0.15) is 5.69 Å². The van der Waals surface area contributed by atoms with Crippen LogP contribution in [0.2, 0.25) is 10.0 Å². The lowest BCUT2D eigenvalue weighted by Gasteiger charge is -2.26. The molecule has 2 amide bonds. The second-order valence-corrected chi connectivity index (χ2v) is 8.24. The van der Waals surface area contributed by atoms with Crippen molar-refractivity contribution in [3.05, 3.63) is 75.8 Å². The number of halogens is 2. The van der Waals surface area contributed by atoms with Gasteiger partial charge in [-0.2, -0.15) is 0 Å². The van der Waals surface area contributed by atoms with E-state index in [0.717, 1.165) is 22.4 Å². The molecule has 0 N–H and O–H groups in total. The van der Waals surface area contributed by atoms with E-state index in [9.17, 15) is 9.59 Å². The van der Waals surface area contributed by atoms with Crippen LogP contribution >= 0.6 is 23.2 Å². The third-order valence-corrected chi connectivity index (χ3v) is 6.15. The number of amides is 2. The molecule has 0 spiro atoms. The summed E-state index contributed by atoms with van der Waals surface area (Å²) in [6.07, 6.45) is 6.08. The molecule has 0 radical (unpaired) electrons. The molecule has 2 aromatic heterocycles. The van der Waals surface area contributed by atoms with E-state index >= 15 is 0 Å². The Hall–Kier alpha value is -2.96. The van der Waals surface area contributed by atoms with Gasteiger partial charge in [0.05, 0.1) is 10.0 Å². The zero-order valence-corrected chi connectivity index (χ0v) is 18.6. The van der Waals surface area contributed by atoms with Crippen LogP contribution in [0.25, 0.3) is 11.1 Å². The quantitative estimate of drug-likeness (QED) is 0.576. The Morgan fingerprint density at radius 3 is 2.77 bits per heavy atom. The number of anilines is 1. The predicted octanol–water partition coefficient (Wildman–Crippen LogP) is 4.63. The highest BCUT2D eigenvalue weighted by atomic mass is 35.5. The molecule has 3 heterocycles. The third kappa shape index (κ3) is 4.13. The highest BCUT2D eigenvalue weighted by Gasteiger charge is 2.22. The summed E-state index contributed by atoms with van der Waals surface area (Å²) in [5, 5.41) is 0.830. The smallest absolute Gasteiger partial charge is 0.274 e. The molecule has 31 heavy (non-hydrogen) atoms. The van der Waals surface area contributed by atoms with Gasteiger partial charge >= 0.3 is 0 Å². The highest BCUT2D eigenvalue weighted by Crippen LogP contribution is 2.35. The van der Waals surface area contributed by atoms with Gasteiger partial charge in [0.15, 0.2) is 0 Å². The number of carbonyl (C=O) groups excluding carboxylic acids is 2. The molecule has 0 fully saturated rings. The minimum atomic E-state index is -0.298. The van der Waals surface area contributed by atoms with Crippen LogP contribution in [0.15, 0.2) is 48.9 Å². The summed E-state index contributed by atoms with van der Waals surface area (Å²) in [6, 6.07) is 9.22. The molecule has 0 bridgehead atoms. The standard InChI is InChI=1S/C23H20Cl2N4O2/c1-28(23(31)22-18(24)4-3-9-27-22)13-16-11-26-12-17(21(16)25)14-5-7-19-15(10-14)6-8-20(30)29(19)2/h3-5,7,9-12H,6,8,13H2,1-2H3. The van der Waals surface area contributed by atoms with Crippen LogP contribution in [-0.2, 0) is 17.8 Å². The van der Waals surface area contributed by atoms with Crippen molar-refractivity contribution in [1.82, 2.24) is 14.9 Å². The Labute approximate surface area is 190 Å². The zero-order valence-electron chi connectivity index (χ0n) is 17.1. The van der Waals surface area contributed by atoms with Crippen molar-refractivity contribution >= 4 is 40.7 Å². The van der Waals surface area contributed by atoms with E-state index in [2.05, 4.69) is 9.97 Å². The Bertz CT molecular complexity index is 1180. The Balaban J connectivity index is 1.61. The number of aryl methyl sites for hydroxylation is 1.